The molecule has 1 aromatic carbocycles. The maximum absolute atomic E-state index is 12.9. The van der Waals surface area contributed by atoms with Crippen molar-refractivity contribution in [3.63, 3.8) is 0 Å². The van der Waals surface area contributed by atoms with E-state index in [2.05, 4.69) is 25.2 Å². The number of ether oxygens (including phenoxy) is 3. The lowest BCUT2D eigenvalue weighted by Crippen LogP contribution is -2.44. The molecule has 0 fully saturated rings. The van der Waals surface area contributed by atoms with Crippen LogP contribution in [0.5, 0.6) is 11.5 Å². The molecule has 0 aliphatic rings. The fraction of sp³-hybridized carbons (Fsp3) is 0.733. The van der Waals surface area contributed by atoms with E-state index in [1.54, 1.807) is 28.1 Å². The van der Waals surface area contributed by atoms with Crippen LogP contribution in [0.25, 0.3) is 0 Å². The van der Waals surface area contributed by atoms with Gasteiger partial charge in [0.1, 0.15) is 0 Å². The third kappa shape index (κ3) is 11.6. The lowest BCUT2D eigenvalue weighted by Gasteiger charge is -2.30. The van der Waals surface area contributed by atoms with Crippen LogP contribution in [0.2, 0.25) is 0 Å². The first kappa shape index (κ1) is 33.7. The molecule has 1 amide bonds. The number of amides is 1. The van der Waals surface area contributed by atoms with Crippen molar-refractivity contribution in [3.8, 4) is 17.6 Å². The van der Waals surface area contributed by atoms with Crippen LogP contribution in [0.3, 0.4) is 0 Å². The maximum atomic E-state index is 12.9. The van der Waals surface area contributed by atoms with Crippen molar-refractivity contribution in [3.05, 3.63) is 23.8 Å². The molecule has 0 spiro atoms. The molecule has 0 heterocycles. The molecular formula is C30H51N3O5. The molecule has 8 heteroatoms. The molecule has 0 bridgehead atoms. The van der Waals surface area contributed by atoms with Crippen LogP contribution in [-0.2, 0) is 16.0 Å². The number of nitriles is 1. The van der Waals surface area contributed by atoms with E-state index < -0.39 is 17.6 Å². The number of nitrogens with two attached hydrogens (primary N) is 1. The molecule has 0 radical (unpaired) electrons. The Balaban J connectivity index is 2.86. The van der Waals surface area contributed by atoms with Gasteiger partial charge in [-0.2, -0.15) is 5.26 Å². The number of rotatable bonds is 18. The minimum atomic E-state index is -0.811. The minimum absolute atomic E-state index is 0.0320. The Labute approximate surface area is 230 Å². The van der Waals surface area contributed by atoms with Gasteiger partial charge >= 0.3 is 0 Å². The largest absolute Gasteiger partial charge is 0.493 e. The van der Waals surface area contributed by atoms with E-state index in [0.29, 0.717) is 37.1 Å². The number of nitrogens with one attached hydrogen (secondary N) is 1. The van der Waals surface area contributed by atoms with E-state index in [9.17, 15) is 15.2 Å². The minimum Gasteiger partial charge on any atom is -0.493 e. The highest BCUT2D eigenvalue weighted by atomic mass is 16.5. The van der Waals surface area contributed by atoms with Crippen LogP contribution in [0.1, 0.15) is 66.4 Å². The highest BCUT2D eigenvalue weighted by molar-refractivity contribution is 5.79. The molecule has 0 aromatic heterocycles. The summed E-state index contributed by atoms with van der Waals surface area (Å²) in [4.78, 5) is 12.9. The van der Waals surface area contributed by atoms with Crippen LogP contribution >= 0.6 is 0 Å². The number of methoxy groups -OCH3 is 2. The fourth-order valence-corrected chi connectivity index (χ4v) is 4.34. The fourth-order valence-electron chi connectivity index (χ4n) is 4.34. The molecule has 0 saturated carbocycles. The van der Waals surface area contributed by atoms with E-state index in [1.807, 2.05) is 32.0 Å². The summed E-state index contributed by atoms with van der Waals surface area (Å²) in [5.74, 6) is 1.48. The standard InChI is InChI=1S/C30H51N3O5/c1-20(2)23(14-22-10-11-27(37-8)28(15-22)38-13-9-12-36-7)16-25(32)26(34)17-24(21(3)4)29(35)33-19-30(5,6)18-31/h10-11,15,20-21,23-26,34H,9,12-14,16-17,19,32H2,1-8H3,(H,33,35). The predicted molar refractivity (Wildman–Crippen MR) is 151 cm³/mol. The van der Waals surface area contributed by atoms with E-state index in [-0.39, 0.29) is 36.6 Å². The van der Waals surface area contributed by atoms with Crippen molar-refractivity contribution in [2.24, 2.45) is 34.8 Å². The topological polar surface area (TPSA) is 127 Å². The lowest BCUT2D eigenvalue weighted by atomic mass is 9.80. The Morgan fingerprint density at radius 1 is 1.11 bits per heavy atom. The third-order valence-corrected chi connectivity index (χ3v) is 7.13. The lowest BCUT2D eigenvalue weighted by molar-refractivity contribution is -0.128. The molecule has 0 aliphatic heterocycles. The number of carbonyl (C=O) groups excluding carboxylic acids is 1. The van der Waals surface area contributed by atoms with Gasteiger partial charge in [-0.05, 0) is 68.6 Å². The van der Waals surface area contributed by atoms with E-state index >= 15 is 0 Å². The summed E-state index contributed by atoms with van der Waals surface area (Å²) >= 11 is 0. The number of nitrogens with zero attached hydrogens (tertiary/aromatic N) is 1. The molecule has 4 atom stereocenters. The zero-order valence-corrected chi connectivity index (χ0v) is 24.8. The number of hydrogen-bond acceptors (Lipinski definition) is 7. The summed E-state index contributed by atoms with van der Waals surface area (Å²) in [7, 11) is 3.30. The number of aliphatic hydroxyl groups is 1. The van der Waals surface area contributed by atoms with Gasteiger partial charge < -0.3 is 30.4 Å². The van der Waals surface area contributed by atoms with Gasteiger partial charge in [0, 0.05) is 38.6 Å². The number of benzene rings is 1. The summed E-state index contributed by atoms with van der Waals surface area (Å²) in [5, 5.41) is 23.1. The summed E-state index contributed by atoms with van der Waals surface area (Å²) < 4.78 is 16.5. The maximum Gasteiger partial charge on any atom is 0.223 e. The summed E-state index contributed by atoms with van der Waals surface area (Å²) in [5.41, 5.74) is 6.98. The molecule has 216 valence electrons. The Morgan fingerprint density at radius 2 is 1.79 bits per heavy atom. The van der Waals surface area contributed by atoms with E-state index in [1.165, 1.54) is 0 Å². The summed E-state index contributed by atoms with van der Waals surface area (Å²) in [6.07, 6.45) is 1.67. The normalized spacial score (nSPS) is 15.0. The van der Waals surface area contributed by atoms with Crippen LogP contribution < -0.4 is 20.5 Å². The van der Waals surface area contributed by atoms with Gasteiger partial charge in [0.2, 0.25) is 5.91 Å². The number of aliphatic hydroxyl groups excluding tert-OH is 1. The molecule has 0 aliphatic carbocycles. The zero-order valence-electron chi connectivity index (χ0n) is 24.8. The monoisotopic (exact) mass is 533 g/mol. The highest BCUT2D eigenvalue weighted by Crippen LogP contribution is 2.32. The average Bonchev–Trinajstić information content (AvgIpc) is 2.87. The van der Waals surface area contributed by atoms with Crippen LogP contribution in [-0.4, -0.2) is 57.1 Å². The average molecular weight is 534 g/mol. The van der Waals surface area contributed by atoms with Gasteiger partial charge in [0.05, 0.1) is 31.3 Å². The molecule has 1 aromatic rings. The Morgan fingerprint density at radius 3 is 2.34 bits per heavy atom. The highest BCUT2D eigenvalue weighted by Gasteiger charge is 2.30. The summed E-state index contributed by atoms with van der Waals surface area (Å²) in [6, 6.07) is 7.72. The first-order valence-electron chi connectivity index (χ1n) is 13.8. The molecule has 4 N–H and O–H groups in total. The van der Waals surface area contributed by atoms with Crippen molar-refractivity contribution >= 4 is 5.91 Å². The second kappa shape index (κ2) is 16.6. The Kier molecular flexibility index (Phi) is 14.7. The van der Waals surface area contributed by atoms with Gasteiger partial charge in [-0.3, -0.25) is 4.79 Å². The number of hydrogen-bond donors (Lipinski definition) is 3. The predicted octanol–water partition coefficient (Wildman–Crippen LogP) is 4.33. The second-order valence-electron chi connectivity index (χ2n) is 11.7. The zero-order chi connectivity index (χ0) is 28.9. The van der Waals surface area contributed by atoms with Crippen LogP contribution in [0.4, 0.5) is 0 Å². The van der Waals surface area contributed by atoms with Crippen LogP contribution in [0.15, 0.2) is 18.2 Å². The van der Waals surface area contributed by atoms with E-state index in [0.717, 1.165) is 18.4 Å². The molecular weight excluding hydrogens is 482 g/mol. The molecule has 38 heavy (non-hydrogen) atoms. The summed E-state index contributed by atoms with van der Waals surface area (Å²) in [6.45, 7) is 13.3. The Hall–Kier alpha value is -2.34. The third-order valence-electron chi connectivity index (χ3n) is 7.13. The van der Waals surface area contributed by atoms with E-state index in [4.69, 9.17) is 19.9 Å². The molecule has 0 saturated heterocycles. The van der Waals surface area contributed by atoms with Crippen molar-refractivity contribution in [1.82, 2.24) is 5.32 Å². The smallest absolute Gasteiger partial charge is 0.223 e. The molecule has 4 unspecified atom stereocenters. The van der Waals surface area contributed by atoms with Gasteiger partial charge in [0.15, 0.2) is 11.5 Å². The van der Waals surface area contributed by atoms with Crippen molar-refractivity contribution < 1.29 is 24.1 Å². The van der Waals surface area contributed by atoms with Gasteiger partial charge in [-0.25, -0.2) is 0 Å². The Bertz CT molecular complexity index is 881. The van der Waals surface area contributed by atoms with Gasteiger partial charge in [-0.1, -0.05) is 33.8 Å². The molecule has 8 nitrogen and oxygen atoms in total. The van der Waals surface area contributed by atoms with Crippen molar-refractivity contribution in [2.75, 3.05) is 34.0 Å². The SMILES string of the molecule is COCCCOc1cc(CC(CC(N)C(O)CC(C(=O)NCC(C)(C)C#N)C(C)C)C(C)C)ccc1OC. The van der Waals surface area contributed by atoms with Gasteiger partial charge in [-0.15, -0.1) is 0 Å². The first-order chi connectivity index (χ1) is 17.8. The van der Waals surface area contributed by atoms with Gasteiger partial charge in [0.25, 0.3) is 0 Å². The first-order valence-corrected chi connectivity index (χ1v) is 13.8. The quantitative estimate of drug-likeness (QED) is 0.240. The van der Waals surface area contributed by atoms with Crippen molar-refractivity contribution in [2.45, 2.75) is 79.4 Å². The van der Waals surface area contributed by atoms with Crippen LogP contribution in [0, 0.1) is 40.4 Å². The van der Waals surface area contributed by atoms with Crippen molar-refractivity contribution in [1.29, 1.82) is 5.26 Å². The second-order valence-corrected chi connectivity index (χ2v) is 11.7. The number of carbonyl (C=O) groups is 1. The molecule has 1 rings (SSSR count).